The molecular weight excluding hydrogens is 298 g/mol. The molecule has 7 nitrogen and oxygen atoms in total. The van der Waals surface area contributed by atoms with Gasteiger partial charge in [0.1, 0.15) is 12.2 Å². The van der Waals surface area contributed by atoms with E-state index in [-0.39, 0.29) is 6.42 Å². The number of cyclic esters (lactones) is 2. The van der Waals surface area contributed by atoms with Gasteiger partial charge in [-0.15, -0.1) is 0 Å². The first-order chi connectivity index (χ1) is 11.2. The second kappa shape index (κ2) is 6.78. The SMILES string of the molecule is O=C1CC(=O)OC(Nc2ccc(NCc3ccccc3)nc2)O1. The van der Waals surface area contributed by atoms with E-state index >= 15 is 0 Å². The summed E-state index contributed by atoms with van der Waals surface area (Å²) in [5, 5.41) is 5.96. The van der Waals surface area contributed by atoms with E-state index in [4.69, 9.17) is 9.47 Å². The van der Waals surface area contributed by atoms with E-state index < -0.39 is 18.4 Å². The van der Waals surface area contributed by atoms with Crippen LogP contribution in [0.3, 0.4) is 0 Å². The Morgan fingerprint density at radius 3 is 2.43 bits per heavy atom. The molecule has 1 aromatic heterocycles. The highest BCUT2D eigenvalue weighted by Crippen LogP contribution is 2.15. The number of ether oxygens (including phenoxy) is 2. The molecule has 0 amide bonds. The van der Waals surface area contributed by atoms with Crippen molar-refractivity contribution < 1.29 is 19.1 Å². The Morgan fingerprint density at radius 2 is 1.78 bits per heavy atom. The van der Waals surface area contributed by atoms with E-state index in [2.05, 4.69) is 15.6 Å². The molecule has 0 atom stereocenters. The zero-order valence-electron chi connectivity index (χ0n) is 12.2. The number of anilines is 2. The van der Waals surface area contributed by atoms with Gasteiger partial charge in [-0.25, -0.2) is 4.98 Å². The number of hydrogen-bond donors (Lipinski definition) is 2. The quantitative estimate of drug-likeness (QED) is 0.643. The molecule has 1 aliphatic rings. The summed E-state index contributed by atoms with van der Waals surface area (Å²) in [6.07, 6.45) is 0.0798. The van der Waals surface area contributed by atoms with Crippen molar-refractivity contribution in [2.24, 2.45) is 0 Å². The van der Waals surface area contributed by atoms with E-state index in [0.717, 1.165) is 5.56 Å². The van der Waals surface area contributed by atoms with Crippen LogP contribution in [0.2, 0.25) is 0 Å². The summed E-state index contributed by atoms with van der Waals surface area (Å²) >= 11 is 0. The third-order valence-electron chi connectivity index (χ3n) is 3.13. The molecule has 0 radical (unpaired) electrons. The summed E-state index contributed by atoms with van der Waals surface area (Å²) in [6.45, 7) is 0.665. The van der Waals surface area contributed by atoms with Crippen LogP contribution in [0.1, 0.15) is 12.0 Å². The molecular formula is C16H15N3O4. The van der Waals surface area contributed by atoms with Crippen molar-refractivity contribution in [3.8, 4) is 0 Å². The number of benzene rings is 1. The summed E-state index contributed by atoms with van der Waals surface area (Å²) in [5.41, 5.74) is 1.72. The van der Waals surface area contributed by atoms with Crippen molar-refractivity contribution >= 4 is 23.4 Å². The predicted molar refractivity (Wildman–Crippen MR) is 82.2 cm³/mol. The summed E-state index contributed by atoms with van der Waals surface area (Å²) in [7, 11) is 0. The predicted octanol–water partition coefficient (Wildman–Crippen LogP) is 1.88. The fraction of sp³-hybridized carbons (Fsp3) is 0.188. The van der Waals surface area contributed by atoms with Gasteiger partial charge in [-0.05, 0) is 17.7 Å². The number of pyridine rings is 1. The minimum Gasteiger partial charge on any atom is -0.406 e. The van der Waals surface area contributed by atoms with E-state index in [9.17, 15) is 9.59 Å². The van der Waals surface area contributed by atoms with E-state index in [0.29, 0.717) is 18.1 Å². The van der Waals surface area contributed by atoms with Crippen LogP contribution < -0.4 is 10.6 Å². The van der Waals surface area contributed by atoms with Crippen LogP contribution in [0.4, 0.5) is 11.5 Å². The van der Waals surface area contributed by atoms with Gasteiger partial charge < -0.3 is 20.1 Å². The maximum atomic E-state index is 11.2. The fourth-order valence-electron chi connectivity index (χ4n) is 2.03. The molecule has 2 heterocycles. The Hall–Kier alpha value is -3.09. The van der Waals surface area contributed by atoms with Crippen molar-refractivity contribution in [1.29, 1.82) is 0 Å². The number of carbonyl (C=O) groups is 2. The van der Waals surface area contributed by atoms with E-state index in [1.54, 1.807) is 18.3 Å². The van der Waals surface area contributed by atoms with Gasteiger partial charge in [-0.1, -0.05) is 30.3 Å². The molecule has 118 valence electrons. The first kappa shape index (κ1) is 14.8. The van der Waals surface area contributed by atoms with Crippen LogP contribution in [0.25, 0.3) is 0 Å². The lowest BCUT2D eigenvalue weighted by molar-refractivity contribution is -0.197. The average Bonchev–Trinajstić information content (AvgIpc) is 2.54. The monoisotopic (exact) mass is 313 g/mol. The lowest BCUT2D eigenvalue weighted by Crippen LogP contribution is -2.37. The van der Waals surface area contributed by atoms with E-state index in [1.807, 2.05) is 30.3 Å². The van der Waals surface area contributed by atoms with Crippen molar-refractivity contribution in [2.45, 2.75) is 19.4 Å². The Balaban J connectivity index is 1.54. The lowest BCUT2D eigenvalue weighted by atomic mass is 10.2. The third kappa shape index (κ3) is 4.19. The van der Waals surface area contributed by atoms with Gasteiger partial charge in [0.2, 0.25) is 0 Å². The smallest absolute Gasteiger partial charge is 0.329 e. The summed E-state index contributed by atoms with van der Waals surface area (Å²) in [6, 6.07) is 13.5. The van der Waals surface area contributed by atoms with Crippen LogP contribution >= 0.6 is 0 Å². The van der Waals surface area contributed by atoms with Gasteiger partial charge in [0.15, 0.2) is 0 Å². The van der Waals surface area contributed by atoms with Crippen LogP contribution in [-0.4, -0.2) is 23.3 Å². The number of nitrogens with one attached hydrogen (secondary N) is 2. The zero-order chi connectivity index (χ0) is 16.1. The number of carbonyl (C=O) groups excluding carboxylic acids is 2. The molecule has 0 unspecified atom stereocenters. The summed E-state index contributed by atoms with van der Waals surface area (Å²) in [4.78, 5) is 26.6. The van der Waals surface area contributed by atoms with Crippen LogP contribution in [0, 0.1) is 0 Å². The number of aromatic nitrogens is 1. The van der Waals surface area contributed by atoms with E-state index in [1.165, 1.54) is 0 Å². The van der Waals surface area contributed by atoms with Crippen molar-refractivity contribution in [3.63, 3.8) is 0 Å². The molecule has 1 aliphatic heterocycles. The molecule has 0 aliphatic carbocycles. The van der Waals surface area contributed by atoms with Crippen molar-refractivity contribution in [2.75, 3.05) is 10.6 Å². The Bertz CT molecular complexity index is 672. The highest BCUT2D eigenvalue weighted by Gasteiger charge is 2.27. The Labute approximate surface area is 132 Å². The standard InChI is InChI=1S/C16H15N3O4/c20-14-8-15(21)23-16(22-14)19-12-6-7-13(18-10-12)17-9-11-4-2-1-3-5-11/h1-7,10,16,19H,8-9H2,(H,17,18). The number of nitrogens with zero attached hydrogens (tertiary/aromatic N) is 1. The first-order valence-electron chi connectivity index (χ1n) is 7.08. The second-order valence-electron chi connectivity index (χ2n) is 4.90. The van der Waals surface area contributed by atoms with Gasteiger partial charge in [0.05, 0.1) is 11.9 Å². The molecule has 0 bridgehead atoms. The number of esters is 2. The first-order valence-corrected chi connectivity index (χ1v) is 7.08. The van der Waals surface area contributed by atoms with Crippen LogP contribution in [0.15, 0.2) is 48.7 Å². The lowest BCUT2D eigenvalue weighted by Gasteiger charge is -2.23. The number of hydrogen-bond acceptors (Lipinski definition) is 7. The summed E-state index contributed by atoms with van der Waals surface area (Å²) < 4.78 is 9.72. The Kier molecular flexibility index (Phi) is 4.37. The molecule has 1 aromatic carbocycles. The molecule has 0 saturated carbocycles. The van der Waals surface area contributed by atoms with Crippen molar-refractivity contribution in [3.05, 3.63) is 54.2 Å². The second-order valence-corrected chi connectivity index (χ2v) is 4.90. The molecule has 0 spiro atoms. The zero-order valence-corrected chi connectivity index (χ0v) is 12.2. The van der Waals surface area contributed by atoms with Gasteiger partial charge in [0, 0.05) is 6.54 Å². The maximum absolute atomic E-state index is 11.2. The highest BCUT2D eigenvalue weighted by atomic mass is 16.7. The molecule has 2 aromatic rings. The van der Waals surface area contributed by atoms with Gasteiger partial charge in [0.25, 0.3) is 0 Å². The van der Waals surface area contributed by atoms with Crippen LogP contribution in [0.5, 0.6) is 0 Å². The Morgan fingerprint density at radius 1 is 1.04 bits per heavy atom. The van der Waals surface area contributed by atoms with Gasteiger partial charge >= 0.3 is 18.4 Å². The molecule has 7 heteroatoms. The average molecular weight is 313 g/mol. The van der Waals surface area contributed by atoms with Gasteiger partial charge in [-0.2, -0.15) is 0 Å². The molecule has 1 saturated heterocycles. The van der Waals surface area contributed by atoms with Crippen molar-refractivity contribution in [1.82, 2.24) is 4.98 Å². The van der Waals surface area contributed by atoms with Crippen LogP contribution in [-0.2, 0) is 25.6 Å². The molecule has 1 fully saturated rings. The normalized spacial score (nSPS) is 14.8. The van der Waals surface area contributed by atoms with Gasteiger partial charge in [-0.3, -0.25) is 9.59 Å². The highest BCUT2D eigenvalue weighted by molar-refractivity contribution is 5.92. The molecule has 23 heavy (non-hydrogen) atoms. The minimum atomic E-state index is -1.12. The largest absolute Gasteiger partial charge is 0.406 e. The molecule has 2 N–H and O–H groups in total. The summed E-state index contributed by atoms with van der Waals surface area (Å²) in [5.74, 6) is -0.530. The third-order valence-corrected chi connectivity index (χ3v) is 3.13. The molecule has 3 rings (SSSR count). The number of rotatable bonds is 5. The maximum Gasteiger partial charge on any atom is 0.329 e. The minimum absolute atomic E-state index is 0.362. The topological polar surface area (TPSA) is 89.6 Å². The fourth-order valence-corrected chi connectivity index (χ4v) is 2.03.